The Bertz CT molecular complexity index is 353. The third-order valence-electron chi connectivity index (χ3n) is 3.93. The molecule has 0 spiro atoms. The summed E-state index contributed by atoms with van der Waals surface area (Å²) in [6.45, 7) is 2.25. The van der Waals surface area contributed by atoms with Crippen LogP contribution in [0.1, 0.15) is 18.4 Å². The summed E-state index contributed by atoms with van der Waals surface area (Å²) in [7, 11) is 4.20. The van der Waals surface area contributed by atoms with Crippen LogP contribution in [0, 0.1) is 5.82 Å². The van der Waals surface area contributed by atoms with Crippen molar-refractivity contribution in [2.75, 3.05) is 27.2 Å². The zero-order chi connectivity index (χ0) is 12.3. The molecule has 1 aromatic carbocycles. The van der Waals surface area contributed by atoms with Crippen molar-refractivity contribution >= 4 is 0 Å². The maximum atomic E-state index is 12.9. The second kappa shape index (κ2) is 5.15. The molecule has 1 aromatic rings. The van der Waals surface area contributed by atoms with Gasteiger partial charge < -0.3 is 10.2 Å². The van der Waals surface area contributed by atoms with E-state index in [0.29, 0.717) is 0 Å². The van der Waals surface area contributed by atoms with Crippen LogP contribution in [0.2, 0.25) is 0 Å². The molecule has 17 heavy (non-hydrogen) atoms. The molecule has 0 bridgehead atoms. The van der Waals surface area contributed by atoms with Gasteiger partial charge in [0.25, 0.3) is 0 Å². The molecule has 94 valence electrons. The van der Waals surface area contributed by atoms with Gasteiger partial charge in [-0.15, -0.1) is 0 Å². The molecular formula is C14H21FN2. The predicted molar refractivity (Wildman–Crippen MR) is 68.6 cm³/mol. The topological polar surface area (TPSA) is 15.3 Å². The van der Waals surface area contributed by atoms with Crippen LogP contribution < -0.4 is 5.32 Å². The van der Waals surface area contributed by atoms with E-state index >= 15 is 0 Å². The van der Waals surface area contributed by atoms with Crippen LogP contribution in [0.4, 0.5) is 4.39 Å². The van der Waals surface area contributed by atoms with Crippen molar-refractivity contribution in [2.45, 2.75) is 24.8 Å². The maximum absolute atomic E-state index is 12.9. The minimum absolute atomic E-state index is 0.157. The van der Waals surface area contributed by atoms with Gasteiger partial charge in [-0.25, -0.2) is 4.39 Å². The molecule has 0 aromatic heterocycles. The monoisotopic (exact) mass is 236 g/mol. The maximum Gasteiger partial charge on any atom is 0.123 e. The van der Waals surface area contributed by atoms with Crippen LogP contribution in [0.25, 0.3) is 0 Å². The Balaban J connectivity index is 2.06. The Hall–Kier alpha value is -0.930. The fourth-order valence-corrected chi connectivity index (χ4v) is 2.55. The standard InChI is InChI=1S/C14H21FN2/c1-16-14(7-9-17(2)10-8-14)11-12-3-5-13(15)6-4-12/h3-6,16H,7-11H2,1-2H3. The van der Waals surface area contributed by atoms with Crippen molar-refractivity contribution in [3.05, 3.63) is 35.6 Å². The number of nitrogens with one attached hydrogen (secondary N) is 1. The van der Waals surface area contributed by atoms with E-state index in [4.69, 9.17) is 0 Å². The number of likely N-dealkylation sites (N-methyl/N-ethyl adjacent to an activating group) is 1. The van der Waals surface area contributed by atoms with E-state index in [1.165, 1.54) is 5.56 Å². The number of nitrogens with zero attached hydrogens (tertiary/aromatic N) is 1. The van der Waals surface area contributed by atoms with Crippen LogP contribution in [0.3, 0.4) is 0 Å². The molecule has 0 amide bonds. The number of hydrogen-bond acceptors (Lipinski definition) is 2. The van der Waals surface area contributed by atoms with Crippen molar-refractivity contribution in [1.29, 1.82) is 0 Å². The first-order valence-corrected chi connectivity index (χ1v) is 6.25. The Morgan fingerprint density at radius 1 is 1.24 bits per heavy atom. The van der Waals surface area contributed by atoms with E-state index in [1.807, 2.05) is 19.2 Å². The number of piperidine rings is 1. The molecule has 1 aliphatic rings. The SMILES string of the molecule is CNC1(Cc2ccc(F)cc2)CCN(C)CC1. The van der Waals surface area contributed by atoms with Crippen molar-refractivity contribution in [2.24, 2.45) is 0 Å². The lowest BCUT2D eigenvalue weighted by atomic mass is 9.82. The van der Waals surface area contributed by atoms with Crippen molar-refractivity contribution in [1.82, 2.24) is 10.2 Å². The van der Waals surface area contributed by atoms with Gasteiger partial charge in [-0.05, 0) is 64.1 Å². The molecule has 1 saturated heterocycles. The van der Waals surface area contributed by atoms with Crippen molar-refractivity contribution < 1.29 is 4.39 Å². The van der Waals surface area contributed by atoms with E-state index in [-0.39, 0.29) is 11.4 Å². The van der Waals surface area contributed by atoms with Crippen LogP contribution in [-0.4, -0.2) is 37.6 Å². The molecule has 2 rings (SSSR count). The lowest BCUT2D eigenvalue weighted by Crippen LogP contribution is -2.52. The Morgan fingerprint density at radius 2 is 1.82 bits per heavy atom. The molecule has 0 unspecified atom stereocenters. The number of hydrogen-bond donors (Lipinski definition) is 1. The summed E-state index contributed by atoms with van der Waals surface area (Å²) in [5.41, 5.74) is 1.40. The number of benzene rings is 1. The van der Waals surface area contributed by atoms with Crippen LogP contribution >= 0.6 is 0 Å². The second-order valence-corrected chi connectivity index (χ2v) is 5.14. The van der Waals surface area contributed by atoms with E-state index in [2.05, 4.69) is 17.3 Å². The molecule has 2 nitrogen and oxygen atoms in total. The highest BCUT2D eigenvalue weighted by molar-refractivity contribution is 5.19. The van der Waals surface area contributed by atoms with E-state index in [9.17, 15) is 4.39 Å². The predicted octanol–water partition coefficient (Wildman–Crippen LogP) is 2.05. The van der Waals surface area contributed by atoms with Gasteiger partial charge in [0.1, 0.15) is 5.82 Å². The largest absolute Gasteiger partial charge is 0.314 e. The number of halogens is 1. The molecule has 0 aliphatic carbocycles. The first kappa shape index (κ1) is 12.5. The third-order valence-corrected chi connectivity index (χ3v) is 3.93. The van der Waals surface area contributed by atoms with Crippen molar-refractivity contribution in [3.8, 4) is 0 Å². The average Bonchev–Trinajstić information content (AvgIpc) is 2.35. The van der Waals surface area contributed by atoms with Gasteiger partial charge in [-0.3, -0.25) is 0 Å². The Morgan fingerprint density at radius 3 is 2.35 bits per heavy atom. The fraction of sp³-hybridized carbons (Fsp3) is 0.571. The minimum Gasteiger partial charge on any atom is -0.314 e. The molecule has 3 heteroatoms. The molecular weight excluding hydrogens is 215 g/mol. The molecule has 0 radical (unpaired) electrons. The number of rotatable bonds is 3. The summed E-state index contributed by atoms with van der Waals surface area (Å²) in [6, 6.07) is 6.89. The van der Waals surface area contributed by atoms with Crippen molar-refractivity contribution in [3.63, 3.8) is 0 Å². The summed E-state index contributed by atoms with van der Waals surface area (Å²) >= 11 is 0. The molecule has 1 aliphatic heterocycles. The zero-order valence-electron chi connectivity index (χ0n) is 10.7. The normalized spacial score (nSPS) is 20.4. The lowest BCUT2D eigenvalue weighted by Gasteiger charge is -2.41. The van der Waals surface area contributed by atoms with E-state index in [0.717, 1.165) is 32.4 Å². The van der Waals surface area contributed by atoms with Crippen LogP contribution in [0.5, 0.6) is 0 Å². The highest BCUT2D eigenvalue weighted by Gasteiger charge is 2.31. The Labute approximate surface area is 103 Å². The van der Waals surface area contributed by atoms with E-state index in [1.54, 1.807) is 12.1 Å². The summed E-state index contributed by atoms with van der Waals surface area (Å²) in [5.74, 6) is -0.157. The smallest absolute Gasteiger partial charge is 0.123 e. The van der Waals surface area contributed by atoms with Gasteiger partial charge in [0, 0.05) is 5.54 Å². The Kier molecular flexibility index (Phi) is 3.79. The molecule has 1 fully saturated rings. The summed E-state index contributed by atoms with van der Waals surface area (Å²) in [4.78, 5) is 2.36. The van der Waals surface area contributed by atoms with E-state index < -0.39 is 0 Å². The van der Waals surface area contributed by atoms with Gasteiger partial charge in [-0.2, -0.15) is 0 Å². The first-order chi connectivity index (χ1) is 8.13. The summed E-state index contributed by atoms with van der Waals surface area (Å²) in [6.07, 6.45) is 3.28. The third kappa shape index (κ3) is 3.05. The fourth-order valence-electron chi connectivity index (χ4n) is 2.55. The van der Waals surface area contributed by atoms with Gasteiger partial charge in [-0.1, -0.05) is 12.1 Å². The average molecular weight is 236 g/mol. The second-order valence-electron chi connectivity index (χ2n) is 5.14. The molecule has 1 N–H and O–H groups in total. The lowest BCUT2D eigenvalue weighted by molar-refractivity contribution is 0.163. The van der Waals surface area contributed by atoms with Gasteiger partial charge in [0.2, 0.25) is 0 Å². The zero-order valence-corrected chi connectivity index (χ0v) is 10.7. The molecule has 1 heterocycles. The molecule has 0 saturated carbocycles. The van der Waals surface area contributed by atoms with Crippen LogP contribution in [0.15, 0.2) is 24.3 Å². The van der Waals surface area contributed by atoms with Crippen LogP contribution in [-0.2, 0) is 6.42 Å². The highest BCUT2D eigenvalue weighted by atomic mass is 19.1. The highest BCUT2D eigenvalue weighted by Crippen LogP contribution is 2.25. The van der Waals surface area contributed by atoms with Gasteiger partial charge in [0.05, 0.1) is 0 Å². The molecule has 0 atom stereocenters. The van der Waals surface area contributed by atoms with Gasteiger partial charge >= 0.3 is 0 Å². The number of likely N-dealkylation sites (tertiary alicyclic amines) is 1. The van der Waals surface area contributed by atoms with Gasteiger partial charge in [0.15, 0.2) is 0 Å². The first-order valence-electron chi connectivity index (χ1n) is 6.25. The summed E-state index contributed by atoms with van der Waals surface area (Å²) in [5, 5.41) is 3.48. The minimum atomic E-state index is -0.157. The quantitative estimate of drug-likeness (QED) is 0.864. The summed E-state index contributed by atoms with van der Waals surface area (Å²) < 4.78 is 12.9.